The van der Waals surface area contributed by atoms with Crippen molar-refractivity contribution >= 4 is 5.91 Å². The van der Waals surface area contributed by atoms with E-state index in [-0.39, 0.29) is 12.0 Å². The molecule has 0 spiro atoms. The zero-order valence-corrected chi connectivity index (χ0v) is 12.1. The number of nitrogens with one attached hydrogen (secondary N) is 1. The second kappa shape index (κ2) is 8.48. The normalized spacial score (nSPS) is 17.4. The molecule has 1 amide bonds. The van der Waals surface area contributed by atoms with Crippen molar-refractivity contribution in [3.63, 3.8) is 0 Å². The van der Waals surface area contributed by atoms with E-state index in [9.17, 15) is 4.79 Å². The maximum Gasteiger partial charge on any atom is 0.224 e. The Morgan fingerprint density at radius 1 is 1.39 bits per heavy atom. The molecule has 1 rings (SSSR count). The van der Waals surface area contributed by atoms with Crippen LogP contribution < -0.4 is 5.32 Å². The maximum atomic E-state index is 11.9. The first-order chi connectivity index (χ1) is 8.63. The molecule has 0 aromatic heterocycles. The lowest BCUT2D eigenvalue weighted by Gasteiger charge is -2.32. The number of carbonyl (C=O) groups is 1. The number of nitrogens with zero attached hydrogens (tertiary/aromatic N) is 1. The van der Waals surface area contributed by atoms with E-state index in [0.717, 1.165) is 44.9 Å². The molecule has 4 nitrogen and oxygen atoms in total. The molecule has 0 bridgehead atoms. The molecule has 1 aliphatic rings. The van der Waals surface area contributed by atoms with Gasteiger partial charge in [0, 0.05) is 13.1 Å². The Morgan fingerprint density at radius 2 is 2.06 bits per heavy atom. The number of rotatable bonds is 7. The number of ether oxygens (including phenoxy) is 1. The monoisotopic (exact) mass is 256 g/mol. The Labute approximate surface area is 111 Å². The van der Waals surface area contributed by atoms with Gasteiger partial charge in [-0.3, -0.25) is 4.79 Å². The average Bonchev–Trinajstić information content (AvgIpc) is 2.36. The summed E-state index contributed by atoms with van der Waals surface area (Å²) in [5.41, 5.74) is 0. The fourth-order valence-corrected chi connectivity index (χ4v) is 2.28. The van der Waals surface area contributed by atoms with Gasteiger partial charge in [0.1, 0.15) is 0 Å². The zero-order chi connectivity index (χ0) is 13.4. The van der Waals surface area contributed by atoms with Crippen LogP contribution in [0.1, 0.15) is 40.0 Å². The topological polar surface area (TPSA) is 41.6 Å². The zero-order valence-electron chi connectivity index (χ0n) is 12.1. The highest BCUT2D eigenvalue weighted by molar-refractivity contribution is 5.76. The summed E-state index contributed by atoms with van der Waals surface area (Å²) in [7, 11) is 0. The molecule has 1 fully saturated rings. The lowest BCUT2D eigenvalue weighted by atomic mass is 9.96. The van der Waals surface area contributed by atoms with Gasteiger partial charge in [-0.25, -0.2) is 0 Å². The van der Waals surface area contributed by atoms with Crippen LogP contribution in [0.25, 0.3) is 0 Å². The predicted molar refractivity (Wildman–Crippen MR) is 73.6 cm³/mol. The Kier molecular flexibility index (Phi) is 7.28. The van der Waals surface area contributed by atoms with Crippen LogP contribution in [0.4, 0.5) is 0 Å². The lowest BCUT2D eigenvalue weighted by Crippen LogP contribution is -2.41. The van der Waals surface area contributed by atoms with Crippen LogP contribution in [0.15, 0.2) is 0 Å². The molecule has 106 valence electrons. The summed E-state index contributed by atoms with van der Waals surface area (Å²) in [6.45, 7) is 10.6. The van der Waals surface area contributed by atoms with Gasteiger partial charge in [-0.15, -0.1) is 0 Å². The molecule has 1 N–H and O–H groups in total. The van der Waals surface area contributed by atoms with Crippen LogP contribution in [0.2, 0.25) is 0 Å². The van der Waals surface area contributed by atoms with Crippen molar-refractivity contribution in [3.8, 4) is 0 Å². The first kappa shape index (κ1) is 15.4. The minimum Gasteiger partial charge on any atom is -0.378 e. The van der Waals surface area contributed by atoms with E-state index in [1.54, 1.807) is 0 Å². The van der Waals surface area contributed by atoms with Gasteiger partial charge >= 0.3 is 0 Å². The summed E-state index contributed by atoms with van der Waals surface area (Å²) in [6, 6.07) is 0. The summed E-state index contributed by atoms with van der Waals surface area (Å²) in [6.07, 6.45) is 2.99. The van der Waals surface area contributed by atoms with Crippen LogP contribution in [0.3, 0.4) is 0 Å². The number of carbonyl (C=O) groups excluding carboxylic acids is 1. The maximum absolute atomic E-state index is 11.9. The van der Waals surface area contributed by atoms with Crippen LogP contribution >= 0.6 is 0 Å². The van der Waals surface area contributed by atoms with Gasteiger partial charge in [-0.2, -0.15) is 0 Å². The number of hydrogen-bond donors (Lipinski definition) is 1. The van der Waals surface area contributed by atoms with Gasteiger partial charge in [0.2, 0.25) is 5.91 Å². The second-order valence-corrected chi connectivity index (χ2v) is 5.30. The summed E-state index contributed by atoms with van der Waals surface area (Å²) in [4.78, 5) is 13.9. The molecular weight excluding hydrogens is 228 g/mol. The number of piperidine rings is 1. The smallest absolute Gasteiger partial charge is 0.224 e. The van der Waals surface area contributed by atoms with Gasteiger partial charge in [-0.1, -0.05) is 6.92 Å². The van der Waals surface area contributed by atoms with Crippen molar-refractivity contribution in [2.45, 2.75) is 46.1 Å². The standard InChI is InChI=1S/C14H28N2O2/c1-4-15-11-13-5-8-16(9-6-13)14(17)7-10-18-12(2)3/h12-13,15H,4-11H2,1-3H3. The van der Waals surface area contributed by atoms with Crippen LogP contribution in [-0.2, 0) is 9.53 Å². The molecule has 0 unspecified atom stereocenters. The third kappa shape index (κ3) is 5.83. The van der Waals surface area contributed by atoms with Crippen molar-refractivity contribution in [1.29, 1.82) is 0 Å². The number of amides is 1. The predicted octanol–water partition coefficient (Wildman–Crippen LogP) is 1.65. The summed E-state index contributed by atoms with van der Waals surface area (Å²) < 4.78 is 5.42. The third-order valence-corrected chi connectivity index (χ3v) is 3.42. The van der Waals surface area contributed by atoms with E-state index in [0.29, 0.717) is 13.0 Å². The van der Waals surface area contributed by atoms with Crippen molar-refractivity contribution in [3.05, 3.63) is 0 Å². The summed E-state index contributed by atoms with van der Waals surface area (Å²) in [5, 5.41) is 3.39. The Bertz CT molecular complexity index is 236. The first-order valence-corrected chi connectivity index (χ1v) is 7.23. The van der Waals surface area contributed by atoms with E-state index in [4.69, 9.17) is 4.74 Å². The molecule has 0 aromatic rings. The minimum absolute atomic E-state index is 0.212. The van der Waals surface area contributed by atoms with E-state index in [2.05, 4.69) is 12.2 Å². The molecule has 0 saturated carbocycles. The molecule has 1 heterocycles. The Morgan fingerprint density at radius 3 is 2.61 bits per heavy atom. The molecule has 0 radical (unpaired) electrons. The summed E-state index contributed by atoms with van der Waals surface area (Å²) >= 11 is 0. The van der Waals surface area contributed by atoms with Crippen LogP contribution in [0, 0.1) is 5.92 Å². The Balaban J connectivity index is 2.15. The molecule has 0 aromatic carbocycles. The van der Waals surface area contributed by atoms with Crippen molar-refractivity contribution in [1.82, 2.24) is 10.2 Å². The molecule has 18 heavy (non-hydrogen) atoms. The number of hydrogen-bond acceptors (Lipinski definition) is 3. The van der Waals surface area contributed by atoms with Crippen LogP contribution in [-0.4, -0.2) is 49.7 Å². The molecule has 0 atom stereocenters. The molecule has 1 saturated heterocycles. The van der Waals surface area contributed by atoms with E-state index in [1.807, 2.05) is 18.7 Å². The SMILES string of the molecule is CCNCC1CCN(C(=O)CCOC(C)C)CC1. The highest BCUT2D eigenvalue weighted by Gasteiger charge is 2.22. The van der Waals surface area contributed by atoms with Gasteiger partial charge in [0.25, 0.3) is 0 Å². The van der Waals surface area contributed by atoms with Crippen molar-refractivity contribution in [2.24, 2.45) is 5.92 Å². The van der Waals surface area contributed by atoms with Crippen molar-refractivity contribution < 1.29 is 9.53 Å². The average molecular weight is 256 g/mol. The van der Waals surface area contributed by atoms with Gasteiger partial charge < -0.3 is 15.0 Å². The van der Waals surface area contributed by atoms with Gasteiger partial charge in [-0.05, 0) is 45.7 Å². The largest absolute Gasteiger partial charge is 0.378 e. The Hall–Kier alpha value is -0.610. The second-order valence-electron chi connectivity index (χ2n) is 5.30. The van der Waals surface area contributed by atoms with E-state index in [1.165, 1.54) is 0 Å². The highest BCUT2D eigenvalue weighted by atomic mass is 16.5. The van der Waals surface area contributed by atoms with Gasteiger partial charge in [0.15, 0.2) is 0 Å². The quantitative estimate of drug-likeness (QED) is 0.753. The number of likely N-dealkylation sites (tertiary alicyclic amines) is 1. The highest BCUT2D eigenvalue weighted by Crippen LogP contribution is 2.17. The molecule has 0 aliphatic carbocycles. The molecule has 4 heteroatoms. The van der Waals surface area contributed by atoms with Gasteiger partial charge in [0.05, 0.1) is 19.1 Å². The van der Waals surface area contributed by atoms with E-state index < -0.39 is 0 Å². The fourth-order valence-electron chi connectivity index (χ4n) is 2.28. The third-order valence-electron chi connectivity index (χ3n) is 3.42. The molecular formula is C14H28N2O2. The molecule has 1 aliphatic heterocycles. The fraction of sp³-hybridized carbons (Fsp3) is 0.929. The summed E-state index contributed by atoms with van der Waals surface area (Å²) in [5.74, 6) is 0.985. The van der Waals surface area contributed by atoms with E-state index >= 15 is 0 Å². The first-order valence-electron chi connectivity index (χ1n) is 7.23. The van der Waals surface area contributed by atoms with Crippen molar-refractivity contribution in [2.75, 3.05) is 32.8 Å². The van der Waals surface area contributed by atoms with Crippen LogP contribution in [0.5, 0.6) is 0 Å². The lowest BCUT2D eigenvalue weighted by molar-refractivity contribution is -0.134. The minimum atomic E-state index is 0.212.